The van der Waals surface area contributed by atoms with Gasteiger partial charge in [0.1, 0.15) is 17.0 Å². The lowest BCUT2D eigenvalue weighted by molar-refractivity contribution is 0.0688. The molecule has 0 fully saturated rings. The van der Waals surface area contributed by atoms with Crippen LogP contribution in [0, 0.1) is 6.92 Å². The second kappa shape index (κ2) is 4.21. The minimum absolute atomic E-state index is 0.274. The monoisotopic (exact) mass is 253 g/mol. The smallest absolute Gasteiger partial charge is 0.341 e. The van der Waals surface area contributed by atoms with Gasteiger partial charge in [-0.3, -0.25) is 4.79 Å². The Morgan fingerprint density at radius 2 is 2.29 bits per heavy atom. The zero-order valence-corrected chi connectivity index (χ0v) is 10.2. The number of aromatic carboxylic acids is 1. The molecule has 0 aliphatic carbocycles. The molecule has 5 nitrogen and oxygen atoms in total. The molecule has 0 unspecified atom stereocenters. The summed E-state index contributed by atoms with van der Waals surface area (Å²) in [6.45, 7) is 4.06. The van der Waals surface area contributed by atoms with Gasteiger partial charge in [0.2, 0.25) is 5.43 Å². The predicted molar refractivity (Wildman–Crippen MR) is 64.9 cm³/mol. The van der Waals surface area contributed by atoms with Crippen LogP contribution in [0.5, 0.6) is 0 Å². The van der Waals surface area contributed by atoms with Crippen LogP contribution >= 0.6 is 11.3 Å². The Morgan fingerprint density at radius 1 is 1.59 bits per heavy atom. The van der Waals surface area contributed by atoms with Crippen LogP contribution in [0.1, 0.15) is 22.2 Å². The van der Waals surface area contributed by atoms with Crippen LogP contribution < -0.4 is 10.3 Å². The lowest BCUT2D eigenvalue weighted by atomic mass is 10.2. The summed E-state index contributed by atoms with van der Waals surface area (Å²) in [7, 11) is 0. The van der Waals surface area contributed by atoms with E-state index in [1.54, 1.807) is 13.0 Å². The average molecular weight is 253 g/mol. The van der Waals surface area contributed by atoms with Gasteiger partial charge in [0.15, 0.2) is 0 Å². The number of rotatable bonds is 3. The zero-order chi connectivity index (χ0) is 12.6. The summed E-state index contributed by atoms with van der Waals surface area (Å²) < 4.78 is 1.36. The minimum atomic E-state index is -1.24. The summed E-state index contributed by atoms with van der Waals surface area (Å²) >= 11 is 1.40. The van der Waals surface area contributed by atoms with Gasteiger partial charge in [0.25, 0.3) is 0 Å². The fourth-order valence-electron chi connectivity index (χ4n) is 1.60. The Hall–Kier alpha value is -1.82. The van der Waals surface area contributed by atoms with E-state index in [1.807, 2.05) is 6.92 Å². The first-order chi connectivity index (χ1) is 8.04. The number of carboxylic acid groups (broad SMARTS) is 1. The maximum atomic E-state index is 11.9. The van der Waals surface area contributed by atoms with Crippen molar-refractivity contribution < 1.29 is 14.7 Å². The quantitative estimate of drug-likeness (QED) is 0.900. The van der Waals surface area contributed by atoms with E-state index in [0.29, 0.717) is 16.8 Å². The molecule has 0 spiro atoms. The van der Waals surface area contributed by atoms with Gasteiger partial charge in [0.05, 0.1) is 11.6 Å². The third-order valence-corrected chi connectivity index (χ3v) is 3.30. The third kappa shape index (κ3) is 1.91. The predicted octanol–water partition coefficient (Wildman–Crippen LogP) is 1.52. The van der Waals surface area contributed by atoms with Gasteiger partial charge in [-0.2, -0.15) is 4.73 Å². The van der Waals surface area contributed by atoms with Crippen LogP contribution in [0.4, 0.5) is 0 Å². The lowest BCUT2D eigenvalue weighted by Gasteiger charge is -2.08. The topological polar surface area (TPSA) is 68.5 Å². The number of hydrogen-bond acceptors (Lipinski definition) is 4. The van der Waals surface area contributed by atoms with Gasteiger partial charge < -0.3 is 9.94 Å². The third-order valence-electron chi connectivity index (χ3n) is 2.27. The SMILES string of the molecule is CCOn1cc(C(=O)O)c(=O)c2cc(C)sc21. The van der Waals surface area contributed by atoms with E-state index in [1.165, 1.54) is 22.3 Å². The molecule has 0 bridgehead atoms. The molecule has 0 aliphatic rings. The molecule has 0 atom stereocenters. The molecule has 17 heavy (non-hydrogen) atoms. The number of carbonyl (C=O) groups is 1. The highest BCUT2D eigenvalue weighted by atomic mass is 32.1. The summed E-state index contributed by atoms with van der Waals surface area (Å²) in [5, 5.41) is 9.35. The van der Waals surface area contributed by atoms with Gasteiger partial charge in [-0.15, -0.1) is 11.3 Å². The van der Waals surface area contributed by atoms with E-state index in [9.17, 15) is 9.59 Å². The van der Waals surface area contributed by atoms with E-state index in [-0.39, 0.29) is 5.56 Å². The maximum Gasteiger partial charge on any atom is 0.341 e. The molecule has 0 saturated carbocycles. The molecule has 0 amide bonds. The van der Waals surface area contributed by atoms with Crippen molar-refractivity contribution in [3.8, 4) is 0 Å². The van der Waals surface area contributed by atoms with Gasteiger partial charge in [-0.25, -0.2) is 4.79 Å². The molecule has 2 rings (SSSR count). The van der Waals surface area contributed by atoms with E-state index in [2.05, 4.69) is 0 Å². The van der Waals surface area contributed by atoms with Crippen molar-refractivity contribution in [1.82, 2.24) is 4.73 Å². The highest BCUT2D eigenvalue weighted by Crippen LogP contribution is 2.22. The van der Waals surface area contributed by atoms with Crippen molar-refractivity contribution in [3.63, 3.8) is 0 Å². The molecule has 1 N–H and O–H groups in total. The fourth-order valence-corrected chi connectivity index (χ4v) is 2.53. The van der Waals surface area contributed by atoms with Gasteiger partial charge >= 0.3 is 5.97 Å². The Kier molecular flexibility index (Phi) is 2.89. The highest BCUT2D eigenvalue weighted by molar-refractivity contribution is 7.18. The van der Waals surface area contributed by atoms with Crippen molar-refractivity contribution in [2.75, 3.05) is 6.61 Å². The molecule has 2 heterocycles. The van der Waals surface area contributed by atoms with Gasteiger partial charge in [0, 0.05) is 4.88 Å². The molecule has 0 saturated heterocycles. The van der Waals surface area contributed by atoms with E-state index < -0.39 is 11.4 Å². The second-order valence-electron chi connectivity index (χ2n) is 3.50. The normalized spacial score (nSPS) is 10.7. The van der Waals surface area contributed by atoms with Crippen molar-refractivity contribution >= 4 is 27.5 Å². The Bertz CT molecular complexity index is 641. The first-order valence-corrected chi connectivity index (χ1v) is 5.88. The van der Waals surface area contributed by atoms with Crippen LogP contribution in [0.15, 0.2) is 17.1 Å². The lowest BCUT2D eigenvalue weighted by Crippen LogP contribution is -2.21. The van der Waals surface area contributed by atoms with Crippen LogP contribution in [-0.4, -0.2) is 22.4 Å². The standard InChI is InChI=1S/C11H11NO4S/c1-3-16-12-5-8(11(14)15)9(13)7-4-6(2)17-10(7)12/h4-5H,3H2,1-2H3,(H,14,15). The van der Waals surface area contributed by atoms with Crippen LogP contribution in [-0.2, 0) is 0 Å². The first-order valence-electron chi connectivity index (χ1n) is 5.07. The van der Waals surface area contributed by atoms with E-state index in [0.717, 1.165) is 4.88 Å². The molecule has 2 aromatic rings. The molecule has 0 aromatic carbocycles. The molecule has 2 aromatic heterocycles. The van der Waals surface area contributed by atoms with E-state index in [4.69, 9.17) is 9.94 Å². The number of aromatic nitrogens is 1. The molecule has 90 valence electrons. The number of thiophene rings is 1. The average Bonchev–Trinajstić information content (AvgIpc) is 2.64. The number of carboxylic acids is 1. The van der Waals surface area contributed by atoms with Crippen molar-refractivity contribution in [3.05, 3.63) is 32.9 Å². The van der Waals surface area contributed by atoms with Crippen LogP contribution in [0.25, 0.3) is 10.2 Å². The van der Waals surface area contributed by atoms with Crippen LogP contribution in [0.3, 0.4) is 0 Å². The summed E-state index contributed by atoms with van der Waals surface area (Å²) in [6, 6.07) is 1.68. The Balaban J connectivity index is 2.84. The number of nitrogens with zero attached hydrogens (tertiary/aromatic N) is 1. The number of aryl methyl sites for hydroxylation is 1. The maximum absolute atomic E-state index is 11.9. The number of hydrogen-bond donors (Lipinski definition) is 1. The zero-order valence-electron chi connectivity index (χ0n) is 9.39. The van der Waals surface area contributed by atoms with Gasteiger partial charge in [-0.05, 0) is 19.9 Å². The first kappa shape index (κ1) is 11.7. The number of fused-ring (bicyclic) bond motifs is 1. The largest absolute Gasteiger partial charge is 0.477 e. The van der Waals surface area contributed by atoms with Crippen LogP contribution in [0.2, 0.25) is 0 Å². The molecule has 6 heteroatoms. The molecule has 0 radical (unpaired) electrons. The second-order valence-corrected chi connectivity index (χ2v) is 4.73. The van der Waals surface area contributed by atoms with Crippen molar-refractivity contribution in [2.45, 2.75) is 13.8 Å². The summed E-state index contributed by atoms with van der Waals surface area (Å²) in [4.78, 5) is 29.7. The summed E-state index contributed by atoms with van der Waals surface area (Å²) in [5.41, 5.74) is -0.739. The van der Waals surface area contributed by atoms with Gasteiger partial charge in [-0.1, -0.05) is 0 Å². The summed E-state index contributed by atoms with van der Waals surface area (Å²) in [5.74, 6) is -1.24. The highest BCUT2D eigenvalue weighted by Gasteiger charge is 2.16. The van der Waals surface area contributed by atoms with E-state index >= 15 is 0 Å². The minimum Gasteiger partial charge on any atom is -0.477 e. The summed E-state index contributed by atoms with van der Waals surface area (Å²) in [6.07, 6.45) is 1.23. The Morgan fingerprint density at radius 3 is 2.88 bits per heavy atom. The van der Waals surface area contributed by atoms with Crippen molar-refractivity contribution in [2.24, 2.45) is 0 Å². The molecular weight excluding hydrogens is 242 g/mol. The molecular formula is C11H11NO4S. The fraction of sp³-hybridized carbons (Fsp3) is 0.273. The molecule has 0 aliphatic heterocycles. The number of pyridine rings is 1. The Labute approximate surface area is 101 Å². The van der Waals surface area contributed by atoms with Crippen molar-refractivity contribution in [1.29, 1.82) is 0 Å².